The summed E-state index contributed by atoms with van der Waals surface area (Å²) in [6.07, 6.45) is 2.42. The zero-order chi connectivity index (χ0) is 22.5. The van der Waals surface area contributed by atoms with Crippen molar-refractivity contribution in [3.63, 3.8) is 0 Å². The maximum absolute atomic E-state index is 12.3. The molecule has 0 spiro atoms. The predicted octanol–water partition coefficient (Wildman–Crippen LogP) is 3.03. The van der Waals surface area contributed by atoms with E-state index in [2.05, 4.69) is 35.7 Å². The molecule has 2 aromatic heterocycles. The van der Waals surface area contributed by atoms with Crippen molar-refractivity contribution in [3.8, 4) is 11.3 Å². The third-order valence-electron chi connectivity index (χ3n) is 5.04. The van der Waals surface area contributed by atoms with Gasteiger partial charge in [0.1, 0.15) is 12.1 Å². The molecule has 0 aliphatic heterocycles. The molecule has 0 bridgehead atoms. The van der Waals surface area contributed by atoms with Gasteiger partial charge in [0.05, 0.1) is 11.2 Å². The maximum Gasteiger partial charge on any atom is 0.251 e. The Balaban J connectivity index is 1.43. The summed E-state index contributed by atoms with van der Waals surface area (Å²) in [6, 6.07) is 15.0. The van der Waals surface area contributed by atoms with Gasteiger partial charge in [0, 0.05) is 34.8 Å². The van der Waals surface area contributed by atoms with E-state index >= 15 is 0 Å². The van der Waals surface area contributed by atoms with Crippen LogP contribution in [0.1, 0.15) is 16.8 Å². The van der Waals surface area contributed by atoms with Crippen LogP contribution in [0.15, 0.2) is 54.9 Å². The van der Waals surface area contributed by atoms with Gasteiger partial charge in [0.15, 0.2) is 5.82 Å². The van der Waals surface area contributed by atoms with E-state index in [1.54, 1.807) is 12.1 Å². The van der Waals surface area contributed by atoms with Crippen molar-refractivity contribution < 1.29 is 4.79 Å². The smallest absolute Gasteiger partial charge is 0.251 e. The van der Waals surface area contributed by atoms with Gasteiger partial charge in [0.2, 0.25) is 0 Å². The summed E-state index contributed by atoms with van der Waals surface area (Å²) in [4.78, 5) is 23.1. The minimum Gasteiger partial charge on any atom is -0.382 e. The lowest BCUT2D eigenvalue weighted by Gasteiger charge is -2.10. The Hall–Kier alpha value is -3.98. The Kier molecular flexibility index (Phi) is 6.27. The monoisotopic (exact) mass is 430 g/mol. The summed E-state index contributed by atoms with van der Waals surface area (Å²) < 4.78 is 0. The SMILES string of the molecule is CN(C)CCCNC(=O)c1ccc(-c2cc(Nc3ccc4[nH]nc(N)c4c3)ncn2)cc1. The van der Waals surface area contributed by atoms with Crippen LogP contribution in [-0.4, -0.2) is 58.2 Å². The van der Waals surface area contributed by atoms with Gasteiger partial charge >= 0.3 is 0 Å². The third kappa shape index (κ3) is 5.01. The number of aromatic nitrogens is 4. The second-order valence-corrected chi connectivity index (χ2v) is 7.77. The van der Waals surface area contributed by atoms with E-state index in [0.717, 1.165) is 40.8 Å². The first-order valence-corrected chi connectivity index (χ1v) is 10.4. The van der Waals surface area contributed by atoms with E-state index in [-0.39, 0.29) is 5.91 Å². The summed E-state index contributed by atoms with van der Waals surface area (Å²) in [5, 5.41) is 14.0. The number of nitrogens with zero attached hydrogens (tertiary/aromatic N) is 4. The highest BCUT2D eigenvalue weighted by Crippen LogP contribution is 2.25. The van der Waals surface area contributed by atoms with E-state index in [1.165, 1.54) is 6.33 Å². The van der Waals surface area contributed by atoms with Crippen molar-refractivity contribution in [3.05, 3.63) is 60.4 Å². The van der Waals surface area contributed by atoms with E-state index in [4.69, 9.17) is 5.73 Å². The van der Waals surface area contributed by atoms with Crippen LogP contribution in [0.25, 0.3) is 22.2 Å². The molecule has 2 aromatic carbocycles. The van der Waals surface area contributed by atoms with Crippen molar-refractivity contribution in [2.75, 3.05) is 38.2 Å². The number of nitrogens with one attached hydrogen (secondary N) is 3. The van der Waals surface area contributed by atoms with Gasteiger partial charge in [-0.3, -0.25) is 9.89 Å². The third-order valence-corrected chi connectivity index (χ3v) is 5.04. The largest absolute Gasteiger partial charge is 0.382 e. The van der Waals surface area contributed by atoms with E-state index in [1.807, 2.05) is 50.5 Å². The van der Waals surface area contributed by atoms with E-state index in [0.29, 0.717) is 23.7 Å². The zero-order valence-electron chi connectivity index (χ0n) is 18.1. The molecule has 0 saturated carbocycles. The highest BCUT2D eigenvalue weighted by molar-refractivity contribution is 5.94. The maximum atomic E-state index is 12.3. The fourth-order valence-corrected chi connectivity index (χ4v) is 3.34. The van der Waals surface area contributed by atoms with Gasteiger partial charge in [-0.25, -0.2) is 9.97 Å². The van der Waals surface area contributed by atoms with Crippen LogP contribution in [0.3, 0.4) is 0 Å². The highest BCUT2D eigenvalue weighted by atomic mass is 16.1. The average molecular weight is 431 g/mol. The fourth-order valence-electron chi connectivity index (χ4n) is 3.34. The molecule has 0 saturated heterocycles. The quantitative estimate of drug-likeness (QED) is 0.317. The molecule has 0 atom stereocenters. The Labute approximate surface area is 186 Å². The number of H-pyrrole nitrogens is 1. The molecule has 5 N–H and O–H groups in total. The van der Waals surface area contributed by atoms with Gasteiger partial charge in [-0.2, -0.15) is 5.10 Å². The number of carbonyl (C=O) groups is 1. The molecular formula is C23H26N8O. The number of benzene rings is 2. The van der Waals surface area contributed by atoms with Crippen molar-refractivity contribution >= 4 is 34.1 Å². The first-order valence-electron chi connectivity index (χ1n) is 10.4. The average Bonchev–Trinajstić information content (AvgIpc) is 3.17. The molecule has 0 fully saturated rings. The molecule has 0 radical (unpaired) electrons. The van der Waals surface area contributed by atoms with Gasteiger partial charge in [-0.15, -0.1) is 0 Å². The first kappa shape index (κ1) is 21.3. The minimum absolute atomic E-state index is 0.0748. The summed E-state index contributed by atoms with van der Waals surface area (Å²) in [5.74, 6) is 1.03. The second kappa shape index (κ2) is 9.44. The van der Waals surface area contributed by atoms with E-state index in [9.17, 15) is 4.79 Å². The van der Waals surface area contributed by atoms with Gasteiger partial charge < -0.3 is 21.3 Å². The lowest BCUT2D eigenvalue weighted by molar-refractivity contribution is 0.0952. The number of hydrogen-bond acceptors (Lipinski definition) is 7. The number of nitrogens with two attached hydrogens (primary N) is 1. The number of aromatic amines is 1. The number of fused-ring (bicyclic) bond motifs is 1. The Bertz CT molecular complexity index is 1220. The standard InChI is InChI=1S/C23H26N8O/c1-31(2)11-3-10-25-23(32)16-6-4-15(5-7-16)20-13-21(27-14-26-20)28-17-8-9-19-18(12-17)22(24)30-29-19/h4-9,12-14H,3,10-11H2,1-2H3,(H,25,32)(H3,24,29,30)(H,26,27,28). The van der Waals surface area contributed by atoms with Gasteiger partial charge in [-0.1, -0.05) is 12.1 Å². The summed E-state index contributed by atoms with van der Waals surface area (Å²) in [6.45, 7) is 1.59. The number of nitrogen functional groups attached to an aromatic ring is 1. The van der Waals surface area contributed by atoms with Gasteiger partial charge in [0.25, 0.3) is 5.91 Å². The van der Waals surface area contributed by atoms with Crippen LogP contribution >= 0.6 is 0 Å². The lowest BCUT2D eigenvalue weighted by atomic mass is 10.1. The molecule has 2 heterocycles. The first-order chi connectivity index (χ1) is 15.5. The molecule has 164 valence electrons. The molecule has 32 heavy (non-hydrogen) atoms. The highest BCUT2D eigenvalue weighted by Gasteiger charge is 2.08. The number of hydrogen-bond donors (Lipinski definition) is 4. The van der Waals surface area contributed by atoms with Crippen LogP contribution in [0, 0.1) is 0 Å². The number of amides is 1. The molecule has 0 aliphatic carbocycles. The Morgan fingerprint density at radius 3 is 2.69 bits per heavy atom. The molecule has 4 rings (SSSR count). The van der Waals surface area contributed by atoms with Crippen LogP contribution < -0.4 is 16.4 Å². The molecule has 9 heteroatoms. The fraction of sp³-hybridized carbons (Fsp3) is 0.217. The predicted molar refractivity (Wildman–Crippen MR) is 127 cm³/mol. The molecule has 4 aromatic rings. The molecule has 0 aliphatic rings. The molecular weight excluding hydrogens is 404 g/mol. The molecule has 9 nitrogen and oxygen atoms in total. The van der Waals surface area contributed by atoms with Crippen LogP contribution in [-0.2, 0) is 0 Å². The number of anilines is 3. The molecule has 1 amide bonds. The van der Waals surface area contributed by atoms with Crippen molar-refractivity contribution in [2.45, 2.75) is 6.42 Å². The number of carbonyl (C=O) groups excluding carboxylic acids is 1. The van der Waals surface area contributed by atoms with E-state index < -0.39 is 0 Å². The molecule has 0 unspecified atom stereocenters. The number of rotatable bonds is 8. The second-order valence-electron chi connectivity index (χ2n) is 7.77. The summed E-state index contributed by atoms with van der Waals surface area (Å²) in [7, 11) is 4.03. The van der Waals surface area contributed by atoms with Gasteiger partial charge in [-0.05, 0) is 57.4 Å². The van der Waals surface area contributed by atoms with Crippen LogP contribution in [0.4, 0.5) is 17.3 Å². The minimum atomic E-state index is -0.0748. The summed E-state index contributed by atoms with van der Waals surface area (Å²) in [5.41, 5.74) is 9.88. The topological polar surface area (TPSA) is 125 Å². The zero-order valence-corrected chi connectivity index (χ0v) is 18.1. The Morgan fingerprint density at radius 1 is 1.09 bits per heavy atom. The normalized spacial score (nSPS) is 11.1. The van der Waals surface area contributed by atoms with Crippen molar-refractivity contribution in [1.29, 1.82) is 0 Å². The Morgan fingerprint density at radius 2 is 1.91 bits per heavy atom. The summed E-state index contributed by atoms with van der Waals surface area (Å²) >= 11 is 0. The lowest BCUT2D eigenvalue weighted by Crippen LogP contribution is -2.27. The van der Waals surface area contributed by atoms with Crippen LogP contribution in [0.5, 0.6) is 0 Å². The van der Waals surface area contributed by atoms with Crippen molar-refractivity contribution in [2.24, 2.45) is 0 Å². The van der Waals surface area contributed by atoms with Crippen LogP contribution in [0.2, 0.25) is 0 Å². The van der Waals surface area contributed by atoms with Crippen molar-refractivity contribution in [1.82, 2.24) is 30.4 Å².